The average Bonchev–Trinajstić information content (AvgIpc) is 3.32. The van der Waals surface area contributed by atoms with Crippen molar-refractivity contribution >= 4 is 17.6 Å². The molecule has 4 aromatic rings. The third-order valence-electron chi connectivity index (χ3n) is 7.06. The first-order valence-electron chi connectivity index (χ1n) is 12.3. The molecule has 1 atom stereocenters. The number of aromatic nitrogens is 2. The van der Waals surface area contributed by atoms with Crippen molar-refractivity contribution in [3.8, 4) is 5.69 Å². The van der Waals surface area contributed by atoms with Gasteiger partial charge < -0.3 is 19.5 Å². The van der Waals surface area contributed by atoms with Crippen LogP contribution < -0.4 is 4.90 Å². The van der Waals surface area contributed by atoms with Crippen molar-refractivity contribution in [2.24, 2.45) is 0 Å². The fourth-order valence-electron chi connectivity index (χ4n) is 5.22. The number of carbonyl (C=O) groups excluding carboxylic acids is 1. The van der Waals surface area contributed by atoms with Gasteiger partial charge in [0.1, 0.15) is 6.04 Å². The molecule has 7 heteroatoms. The number of benzene rings is 3. The number of fused-ring (bicyclic) bond motifs is 1. The quantitative estimate of drug-likeness (QED) is 0.429. The molecule has 0 saturated heterocycles. The molecule has 5 rings (SSSR count). The predicted molar refractivity (Wildman–Crippen MR) is 143 cm³/mol. The third-order valence-corrected chi connectivity index (χ3v) is 7.06. The summed E-state index contributed by atoms with van der Waals surface area (Å²) in [5.74, 6) is -1.86. The van der Waals surface area contributed by atoms with Gasteiger partial charge in [-0.1, -0.05) is 60.7 Å². The Kier molecular flexibility index (Phi) is 6.53. The van der Waals surface area contributed by atoms with Crippen molar-refractivity contribution in [3.63, 3.8) is 0 Å². The highest BCUT2D eigenvalue weighted by molar-refractivity contribution is 5.91. The van der Waals surface area contributed by atoms with Gasteiger partial charge in [0.15, 0.2) is 0 Å². The average molecular weight is 495 g/mol. The van der Waals surface area contributed by atoms with Crippen LogP contribution in [0, 0.1) is 6.92 Å². The molecule has 3 aromatic carbocycles. The maximum absolute atomic E-state index is 14.1. The number of hydrogen-bond acceptors (Lipinski definition) is 4. The van der Waals surface area contributed by atoms with Gasteiger partial charge in [-0.15, -0.1) is 0 Å². The largest absolute Gasteiger partial charge is 0.480 e. The third kappa shape index (κ3) is 4.60. The second-order valence-electron chi connectivity index (χ2n) is 9.65. The van der Waals surface area contributed by atoms with Crippen LogP contribution in [0.2, 0.25) is 0 Å². The van der Waals surface area contributed by atoms with Crippen molar-refractivity contribution in [1.29, 1.82) is 0 Å². The highest BCUT2D eigenvalue weighted by Gasteiger charge is 2.40. The lowest BCUT2D eigenvalue weighted by atomic mass is 9.88. The number of aliphatic carboxylic acids is 1. The van der Waals surface area contributed by atoms with Crippen LogP contribution in [0.1, 0.15) is 34.0 Å². The summed E-state index contributed by atoms with van der Waals surface area (Å²) in [5, 5.41) is 10.2. The molecule has 1 aromatic heterocycles. The molecule has 0 saturated carbocycles. The summed E-state index contributed by atoms with van der Waals surface area (Å²) < 4.78 is 1.95. The number of rotatable bonds is 6. The predicted octanol–water partition coefficient (Wildman–Crippen LogP) is 4.42. The van der Waals surface area contributed by atoms with Gasteiger partial charge in [0, 0.05) is 31.9 Å². The van der Waals surface area contributed by atoms with Crippen LogP contribution in [0.4, 0.5) is 5.69 Å². The van der Waals surface area contributed by atoms with Crippen LogP contribution in [-0.4, -0.2) is 51.6 Å². The Morgan fingerprint density at radius 1 is 0.973 bits per heavy atom. The van der Waals surface area contributed by atoms with Crippen LogP contribution in [0.25, 0.3) is 5.69 Å². The molecule has 0 unspecified atom stereocenters. The fraction of sp³-hybridized carbons (Fsp3) is 0.233. The smallest absolute Gasteiger partial charge is 0.326 e. The highest BCUT2D eigenvalue weighted by Crippen LogP contribution is 2.33. The van der Waals surface area contributed by atoms with E-state index < -0.39 is 17.9 Å². The molecule has 0 spiro atoms. The van der Waals surface area contributed by atoms with Gasteiger partial charge in [0.05, 0.1) is 30.2 Å². The lowest BCUT2D eigenvalue weighted by Gasteiger charge is -2.35. The maximum atomic E-state index is 14.1. The van der Waals surface area contributed by atoms with Crippen LogP contribution in [0.15, 0.2) is 85.2 Å². The molecule has 1 aliphatic rings. The SMILES string of the molecule is Cc1cc(-n2cnc3c2C[C@@H](C(=O)O)N(C(=O)C(c2ccccc2)c2ccccc2)C3)ccc1N(C)C. The normalized spacial score (nSPS) is 14.9. The van der Waals surface area contributed by atoms with Crippen molar-refractivity contribution < 1.29 is 14.7 Å². The van der Waals surface area contributed by atoms with E-state index in [0.29, 0.717) is 0 Å². The first kappa shape index (κ1) is 24.3. The van der Waals surface area contributed by atoms with E-state index in [-0.39, 0.29) is 18.9 Å². The van der Waals surface area contributed by atoms with Gasteiger partial charge >= 0.3 is 5.97 Å². The molecule has 1 amide bonds. The molecule has 0 aliphatic carbocycles. The minimum Gasteiger partial charge on any atom is -0.480 e. The number of hydrogen-bond donors (Lipinski definition) is 1. The van der Waals surface area contributed by atoms with Crippen LogP contribution in [-0.2, 0) is 22.6 Å². The summed E-state index contributed by atoms with van der Waals surface area (Å²) in [6, 6.07) is 24.2. The van der Waals surface area contributed by atoms with Crippen LogP contribution in [0.3, 0.4) is 0 Å². The van der Waals surface area contributed by atoms with Crippen molar-refractivity contribution in [2.75, 3.05) is 19.0 Å². The Labute approximate surface area is 216 Å². The molecule has 0 radical (unpaired) electrons. The molecule has 1 N–H and O–H groups in total. The molecule has 0 bridgehead atoms. The number of carboxylic acid groups (broad SMARTS) is 1. The zero-order chi connectivity index (χ0) is 26.1. The Morgan fingerprint density at radius 2 is 1.59 bits per heavy atom. The Hall–Kier alpha value is -4.39. The Bertz CT molecular complexity index is 1390. The van der Waals surface area contributed by atoms with E-state index >= 15 is 0 Å². The number of imidazole rings is 1. The minimum atomic E-state index is -1.02. The zero-order valence-corrected chi connectivity index (χ0v) is 21.2. The summed E-state index contributed by atoms with van der Waals surface area (Å²) >= 11 is 0. The second kappa shape index (κ2) is 9.93. The van der Waals surface area contributed by atoms with Crippen molar-refractivity contribution in [3.05, 3.63) is 113 Å². The number of nitrogens with zero attached hydrogens (tertiary/aromatic N) is 4. The van der Waals surface area contributed by atoms with E-state index in [0.717, 1.165) is 39.5 Å². The number of carbonyl (C=O) groups is 2. The summed E-state index contributed by atoms with van der Waals surface area (Å²) in [5.41, 5.74) is 6.36. The first-order chi connectivity index (χ1) is 17.8. The van der Waals surface area contributed by atoms with E-state index in [4.69, 9.17) is 0 Å². The molecule has 7 nitrogen and oxygen atoms in total. The lowest BCUT2D eigenvalue weighted by Crippen LogP contribution is -2.50. The van der Waals surface area contributed by atoms with Crippen molar-refractivity contribution in [2.45, 2.75) is 31.8 Å². The second-order valence-corrected chi connectivity index (χ2v) is 9.65. The summed E-state index contributed by atoms with van der Waals surface area (Å²) in [4.78, 5) is 34.7. The lowest BCUT2D eigenvalue weighted by molar-refractivity contribution is -0.151. The van der Waals surface area contributed by atoms with Crippen molar-refractivity contribution in [1.82, 2.24) is 14.5 Å². The molecule has 2 heterocycles. The molecule has 0 fully saturated rings. The molecule has 37 heavy (non-hydrogen) atoms. The molecular formula is C30H30N4O3. The van der Waals surface area contributed by atoms with Gasteiger partial charge in [-0.2, -0.15) is 0 Å². The van der Waals surface area contributed by atoms with E-state index in [1.807, 2.05) is 85.4 Å². The molecular weight excluding hydrogens is 464 g/mol. The first-order valence-corrected chi connectivity index (χ1v) is 12.3. The maximum Gasteiger partial charge on any atom is 0.326 e. The van der Waals surface area contributed by atoms with Gasteiger partial charge in [0.2, 0.25) is 5.91 Å². The van der Waals surface area contributed by atoms with E-state index in [9.17, 15) is 14.7 Å². The van der Waals surface area contributed by atoms with Gasteiger partial charge in [-0.3, -0.25) is 4.79 Å². The number of aryl methyl sites for hydroxylation is 1. The van der Waals surface area contributed by atoms with Gasteiger partial charge in [-0.25, -0.2) is 9.78 Å². The van der Waals surface area contributed by atoms with E-state index in [2.05, 4.69) is 28.9 Å². The zero-order valence-electron chi connectivity index (χ0n) is 21.2. The van der Waals surface area contributed by atoms with Crippen LogP contribution >= 0.6 is 0 Å². The summed E-state index contributed by atoms with van der Waals surface area (Å²) in [7, 11) is 4.00. The fourth-order valence-corrected chi connectivity index (χ4v) is 5.22. The monoisotopic (exact) mass is 494 g/mol. The van der Waals surface area contributed by atoms with Gasteiger partial charge in [0.25, 0.3) is 0 Å². The molecule has 1 aliphatic heterocycles. The summed E-state index contributed by atoms with van der Waals surface area (Å²) in [6.07, 6.45) is 1.91. The number of carboxylic acids is 1. The summed E-state index contributed by atoms with van der Waals surface area (Å²) in [6.45, 7) is 2.19. The minimum absolute atomic E-state index is 0.142. The number of anilines is 1. The topological polar surface area (TPSA) is 78.7 Å². The Balaban J connectivity index is 1.52. The Morgan fingerprint density at radius 3 is 2.14 bits per heavy atom. The molecule has 188 valence electrons. The highest BCUT2D eigenvalue weighted by atomic mass is 16.4. The number of amides is 1. The van der Waals surface area contributed by atoms with Crippen LogP contribution in [0.5, 0.6) is 0 Å². The van der Waals surface area contributed by atoms with E-state index in [1.54, 1.807) is 6.33 Å². The standard InChI is InChI=1S/C30H30N4O3/c1-20-16-23(14-15-25(20)32(2)3)34-19-31-24-18-33(27(30(36)37)17-26(24)34)29(35)28(21-10-6-4-7-11-21)22-12-8-5-9-13-22/h4-16,19,27-28H,17-18H2,1-3H3,(H,36,37)/t27-/m0/s1. The van der Waals surface area contributed by atoms with Gasteiger partial charge in [-0.05, 0) is 41.8 Å². The van der Waals surface area contributed by atoms with E-state index in [1.165, 1.54) is 4.90 Å².